The molecule has 0 rings (SSSR count). The number of rotatable bonds is 70. The molecular weight excluding hydrogens is 1280 g/mol. The van der Waals surface area contributed by atoms with Crippen LogP contribution in [0.3, 0.4) is 0 Å². The Bertz CT molecular complexity index is 2340. The Balaban J connectivity index is 5.35. The van der Waals surface area contributed by atoms with Crippen LogP contribution in [0.15, 0.2) is 122 Å². The lowest BCUT2D eigenvalue weighted by Gasteiger charge is -2.21. The number of esters is 4. The molecule has 562 valence electrons. The lowest BCUT2D eigenvalue weighted by atomic mass is 10.1. The van der Waals surface area contributed by atoms with Crippen LogP contribution >= 0.6 is 15.6 Å². The summed E-state index contributed by atoms with van der Waals surface area (Å²) in [5.41, 5.74) is 0. The third-order valence-electron chi connectivity index (χ3n) is 15.4. The number of unbranched alkanes of at least 4 members (excludes halogenated alkanes) is 24. The summed E-state index contributed by atoms with van der Waals surface area (Å²) < 4.78 is 68.4. The maximum atomic E-state index is 13.1. The van der Waals surface area contributed by atoms with Crippen LogP contribution in [0.2, 0.25) is 0 Å². The molecule has 0 spiro atoms. The van der Waals surface area contributed by atoms with E-state index in [9.17, 15) is 43.2 Å². The molecule has 5 atom stereocenters. The molecule has 3 N–H and O–H groups in total. The molecule has 98 heavy (non-hydrogen) atoms. The Kier molecular flexibility index (Phi) is 67.6. The lowest BCUT2D eigenvalue weighted by Crippen LogP contribution is -2.30. The van der Waals surface area contributed by atoms with Crippen molar-refractivity contribution in [1.29, 1.82) is 0 Å². The first-order valence-electron chi connectivity index (χ1n) is 37.8. The second-order valence-corrected chi connectivity index (χ2v) is 27.7. The molecule has 0 heterocycles. The second-order valence-electron chi connectivity index (χ2n) is 24.8. The first-order chi connectivity index (χ1) is 47.7. The largest absolute Gasteiger partial charge is 0.472 e. The highest BCUT2D eigenvalue weighted by Crippen LogP contribution is 2.45. The van der Waals surface area contributed by atoms with Crippen LogP contribution in [-0.2, 0) is 65.4 Å². The lowest BCUT2D eigenvalue weighted by molar-refractivity contribution is -0.161. The molecule has 0 aliphatic rings. The Morgan fingerprint density at radius 1 is 0.296 bits per heavy atom. The third-order valence-corrected chi connectivity index (χ3v) is 17.3. The highest BCUT2D eigenvalue weighted by Gasteiger charge is 2.30. The number of hydrogen-bond acceptors (Lipinski definition) is 15. The van der Waals surface area contributed by atoms with Gasteiger partial charge in [-0.2, -0.15) is 0 Å². The Hall–Kier alpha value is -4.54. The topological polar surface area (TPSA) is 237 Å². The number of ether oxygens (including phenoxy) is 4. The number of phosphoric acid groups is 2. The highest BCUT2D eigenvalue weighted by atomic mass is 31.2. The summed E-state index contributed by atoms with van der Waals surface area (Å²) in [5.74, 6) is -2.24. The fourth-order valence-electron chi connectivity index (χ4n) is 9.71. The first kappa shape index (κ1) is 93.5. The van der Waals surface area contributed by atoms with Crippen LogP contribution in [0, 0.1) is 0 Å². The van der Waals surface area contributed by atoms with E-state index in [2.05, 4.69) is 149 Å². The second kappa shape index (κ2) is 70.9. The zero-order valence-corrected chi connectivity index (χ0v) is 63.0. The summed E-state index contributed by atoms with van der Waals surface area (Å²) in [6.07, 6.45) is 76.2. The molecule has 0 saturated heterocycles. The van der Waals surface area contributed by atoms with Crippen molar-refractivity contribution in [1.82, 2.24) is 0 Å². The molecule has 0 saturated carbocycles. The molecule has 19 heteroatoms. The molecule has 0 aliphatic heterocycles. The predicted octanol–water partition coefficient (Wildman–Crippen LogP) is 21.6. The van der Waals surface area contributed by atoms with Gasteiger partial charge in [0.1, 0.15) is 19.3 Å². The van der Waals surface area contributed by atoms with Crippen molar-refractivity contribution in [3.63, 3.8) is 0 Å². The number of carbonyl (C=O) groups is 4. The fourth-order valence-corrected chi connectivity index (χ4v) is 11.3. The molecule has 0 aliphatic carbocycles. The monoisotopic (exact) mass is 1420 g/mol. The van der Waals surface area contributed by atoms with Gasteiger partial charge >= 0.3 is 39.5 Å². The van der Waals surface area contributed by atoms with E-state index in [1.54, 1.807) is 0 Å². The van der Waals surface area contributed by atoms with E-state index < -0.39 is 97.5 Å². The number of hydrogen-bond donors (Lipinski definition) is 3. The van der Waals surface area contributed by atoms with E-state index in [0.29, 0.717) is 25.7 Å². The summed E-state index contributed by atoms with van der Waals surface area (Å²) in [6.45, 7) is 4.50. The van der Waals surface area contributed by atoms with E-state index in [4.69, 9.17) is 37.0 Å². The van der Waals surface area contributed by atoms with Crippen LogP contribution in [0.25, 0.3) is 0 Å². The minimum Gasteiger partial charge on any atom is -0.462 e. The molecule has 0 aromatic carbocycles. The van der Waals surface area contributed by atoms with Gasteiger partial charge in [-0.15, -0.1) is 0 Å². The SMILES string of the molecule is CC/C=C\C/C=C\C/C=C\C/C=C\C/C=C\CCCCCC(=O)OCC(COP(=O)(O)OCC(O)COP(=O)(O)OCC(COC(=O)CCCCCCC/C=C\C/C=C\C/C=C\CC)OC(=O)CCCCCCC/C=C\C/C=C\CCC)OC(=O)CCCCCCCCCCCCC. The highest BCUT2D eigenvalue weighted by molar-refractivity contribution is 7.47. The van der Waals surface area contributed by atoms with Crippen molar-refractivity contribution in [3.05, 3.63) is 122 Å². The number of phosphoric ester groups is 2. The number of allylic oxidation sites excluding steroid dienone is 20. The normalized spacial score (nSPS) is 14.6. The summed E-state index contributed by atoms with van der Waals surface area (Å²) in [4.78, 5) is 72.8. The van der Waals surface area contributed by atoms with Crippen molar-refractivity contribution in [2.45, 2.75) is 316 Å². The van der Waals surface area contributed by atoms with E-state index >= 15 is 0 Å². The first-order valence-corrected chi connectivity index (χ1v) is 40.8. The van der Waals surface area contributed by atoms with Gasteiger partial charge in [-0.3, -0.25) is 37.3 Å². The van der Waals surface area contributed by atoms with Crippen LogP contribution in [0.5, 0.6) is 0 Å². The van der Waals surface area contributed by atoms with Crippen molar-refractivity contribution >= 4 is 39.5 Å². The maximum absolute atomic E-state index is 13.1. The van der Waals surface area contributed by atoms with Gasteiger partial charge in [0.25, 0.3) is 0 Å². The maximum Gasteiger partial charge on any atom is 0.472 e. The Morgan fingerprint density at radius 2 is 0.551 bits per heavy atom. The number of aliphatic hydroxyl groups is 1. The fraction of sp³-hybridized carbons (Fsp3) is 0.696. The molecular formula is C79H134O17P2. The van der Waals surface area contributed by atoms with E-state index in [1.807, 2.05) is 0 Å². The molecule has 0 aromatic heterocycles. The van der Waals surface area contributed by atoms with Gasteiger partial charge < -0.3 is 33.8 Å². The molecule has 5 unspecified atom stereocenters. The zero-order chi connectivity index (χ0) is 71.8. The Morgan fingerprint density at radius 3 is 0.867 bits per heavy atom. The van der Waals surface area contributed by atoms with Gasteiger partial charge in [-0.25, -0.2) is 9.13 Å². The summed E-state index contributed by atoms with van der Waals surface area (Å²) in [7, 11) is -9.96. The van der Waals surface area contributed by atoms with E-state index in [1.165, 1.54) is 38.5 Å². The predicted molar refractivity (Wildman–Crippen MR) is 399 cm³/mol. The molecule has 17 nitrogen and oxygen atoms in total. The summed E-state index contributed by atoms with van der Waals surface area (Å²) >= 11 is 0. The van der Waals surface area contributed by atoms with Crippen molar-refractivity contribution in [2.75, 3.05) is 39.6 Å². The molecule has 0 bridgehead atoms. The van der Waals surface area contributed by atoms with Gasteiger partial charge in [-0.1, -0.05) is 265 Å². The third kappa shape index (κ3) is 69.9. The number of aliphatic hydroxyl groups excluding tert-OH is 1. The minimum absolute atomic E-state index is 0.0726. The van der Waals surface area contributed by atoms with E-state index in [-0.39, 0.29) is 25.7 Å². The van der Waals surface area contributed by atoms with Crippen molar-refractivity contribution < 1.29 is 80.2 Å². The van der Waals surface area contributed by atoms with Gasteiger partial charge in [0.2, 0.25) is 0 Å². The molecule has 0 aromatic rings. The number of carbonyl (C=O) groups excluding carboxylic acids is 4. The van der Waals surface area contributed by atoms with Crippen LogP contribution in [0.4, 0.5) is 0 Å². The molecule has 0 fully saturated rings. The summed E-state index contributed by atoms with van der Waals surface area (Å²) in [6, 6.07) is 0. The zero-order valence-electron chi connectivity index (χ0n) is 61.2. The molecule has 0 radical (unpaired) electrons. The summed E-state index contributed by atoms with van der Waals surface area (Å²) in [5, 5.41) is 10.6. The van der Waals surface area contributed by atoms with Crippen LogP contribution < -0.4 is 0 Å². The van der Waals surface area contributed by atoms with Crippen LogP contribution in [0.1, 0.15) is 297 Å². The average Bonchev–Trinajstić information content (AvgIpc) is 1.00. The standard InChI is InChI=1S/C79H134O17P2/c1-5-9-13-17-21-25-29-32-34-35-36-37-39-42-45-48-52-56-60-64-77(82)89-69-74(95-78(83)65-61-57-53-49-43-28-24-20-16-12-8-4)71-93-97(85,86)91-67-73(80)68-92-98(87,88)94-72-75(96-79(84)66-62-58-54-50-46-40-31-27-23-19-15-11-7-3)70-90-76(81)63-59-55-51-47-44-41-38-33-30-26-22-18-14-10-6-2/h9-10,13-15,19,21-22,25-27,31-34,36-38,42,45,73-75,80H,5-8,11-12,16-18,20,23-24,28-30,35,39-41,43-44,46-72H2,1-4H3,(H,85,86)(H,87,88)/b13-9-,14-10-,19-15-,25-21-,26-22-,31-27-,34-32-,37-36-,38-33-,45-42-. The Labute approximate surface area is 593 Å². The smallest absolute Gasteiger partial charge is 0.462 e. The van der Waals surface area contributed by atoms with Crippen LogP contribution in [-0.4, -0.2) is 96.7 Å². The van der Waals surface area contributed by atoms with Gasteiger partial charge in [-0.05, 0) is 128 Å². The van der Waals surface area contributed by atoms with Gasteiger partial charge in [0, 0.05) is 25.7 Å². The van der Waals surface area contributed by atoms with Crippen molar-refractivity contribution in [2.24, 2.45) is 0 Å². The minimum atomic E-state index is -4.98. The molecule has 0 amide bonds. The van der Waals surface area contributed by atoms with E-state index in [0.717, 1.165) is 180 Å². The quantitative estimate of drug-likeness (QED) is 0.0169. The van der Waals surface area contributed by atoms with Gasteiger partial charge in [0.05, 0.1) is 26.4 Å². The van der Waals surface area contributed by atoms with Gasteiger partial charge in [0.15, 0.2) is 12.2 Å². The average molecular weight is 1420 g/mol. The van der Waals surface area contributed by atoms with Crippen molar-refractivity contribution in [3.8, 4) is 0 Å².